The quantitative estimate of drug-likeness (QED) is 0.361. The maximum atomic E-state index is 14.1. The second kappa shape index (κ2) is 9.67. The Morgan fingerprint density at radius 1 is 1.10 bits per heavy atom. The molecule has 39 heavy (non-hydrogen) atoms. The molecule has 1 amide bonds. The zero-order chi connectivity index (χ0) is 27.5. The van der Waals surface area contributed by atoms with Crippen molar-refractivity contribution in [2.24, 2.45) is 11.5 Å². The van der Waals surface area contributed by atoms with Gasteiger partial charge in [0.1, 0.15) is 17.0 Å². The van der Waals surface area contributed by atoms with Gasteiger partial charge in [-0.3, -0.25) is 9.59 Å². The Morgan fingerprint density at radius 3 is 2.54 bits per heavy atom. The summed E-state index contributed by atoms with van der Waals surface area (Å²) in [5.74, 6) is 0.565. The Kier molecular flexibility index (Phi) is 6.42. The summed E-state index contributed by atoms with van der Waals surface area (Å²) in [7, 11) is 1.91. The lowest BCUT2D eigenvalue weighted by molar-refractivity contribution is -0.131. The number of amides is 1. The lowest BCUT2D eigenvalue weighted by Gasteiger charge is -2.42. The molecule has 2 heterocycles. The fourth-order valence-corrected chi connectivity index (χ4v) is 7.86. The first-order valence-corrected chi connectivity index (χ1v) is 14.1. The van der Waals surface area contributed by atoms with E-state index in [0.29, 0.717) is 41.4 Å². The third-order valence-electron chi connectivity index (χ3n) is 8.39. The minimum Gasteiger partial charge on any atom is -0.457 e. The summed E-state index contributed by atoms with van der Waals surface area (Å²) in [5, 5.41) is 2.73. The number of ketones is 1. The number of nitrogen functional groups attached to an aromatic ring is 1. The van der Waals surface area contributed by atoms with Crippen molar-refractivity contribution in [1.82, 2.24) is 10.2 Å². The first kappa shape index (κ1) is 25.9. The molecule has 0 bridgehead atoms. The van der Waals surface area contributed by atoms with E-state index in [2.05, 4.69) is 5.32 Å². The van der Waals surface area contributed by atoms with E-state index in [0.717, 1.165) is 22.4 Å². The van der Waals surface area contributed by atoms with E-state index in [1.807, 2.05) is 73.5 Å². The summed E-state index contributed by atoms with van der Waals surface area (Å²) in [6, 6.07) is 18.0. The van der Waals surface area contributed by atoms with Gasteiger partial charge in [0.15, 0.2) is 5.78 Å². The highest BCUT2D eigenvalue weighted by Crippen LogP contribution is 2.57. The number of benzene rings is 3. The van der Waals surface area contributed by atoms with E-state index >= 15 is 0 Å². The number of anilines is 1. The molecule has 7 N–H and O–H groups in total. The molecule has 0 saturated carbocycles. The third-order valence-corrected chi connectivity index (χ3v) is 9.83. The van der Waals surface area contributed by atoms with E-state index < -0.39 is 22.7 Å². The van der Waals surface area contributed by atoms with Crippen LogP contribution < -0.4 is 27.3 Å². The number of nitrogens with zero attached hydrogens (tertiary/aromatic N) is 1. The van der Waals surface area contributed by atoms with E-state index in [-0.39, 0.29) is 17.7 Å². The largest absolute Gasteiger partial charge is 0.457 e. The number of aryl methyl sites for hydroxylation is 1. The number of nitrogens with one attached hydrogen (secondary N) is 1. The molecule has 3 aromatic carbocycles. The number of hydrogen-bond acceptors (Lipinski definition) is 8. The van der Waals surface area contributed by atoms with Gasteiger partial charge in [0.05, 0.1) is 11.3 Å². The van der Waals surface area contributed by atoms with Gasteiger partial charge < -0.3 is 32.2 Å². The Labute approximate surface area is 232 Å². The van der Waals surface area contributed by atoms with Gasteiger partial charge in [0.25, 0.3) is 0 Å². The molecule has 5 unspecified atom stereocenters. The zero-order valence-corrected chi connectivity index (χ0v) is 22.8. The van der Waals surface area contributed by atoms with Gasteiger partial charge in [-0.2, -0.15) is 0 Å². The molecule has 0 radical (unpaired) electrons. The highest BCUT2D eigenvalue weighted by molar-refractivity contribution is 8.01. The molecular weight excluding hydrogens is 510 g/mol. The van der Waals surface area contributed by atoms with E-state index in [4.69, 9.17) is 21.9 Å². The summed E-state index contributed by atoms with van der Waals surface area (Å²) >= 11 is 1.42. The van der Waals surface area contributed by atoms with Crippen LogP contribution in [0.2, 0.25) is 0 Å². The lowest BCUT2D eigenvalue weighted by Crippen LogP contribution is -2.60. The summed E-state index contributed by atoms with van der Waals surface area (Å²) in [6.45, 7) is 3.22. The summed E-state index contributed by atoms with van der Waals surface area (Å²) in [5.41, 5.74) is 22.3. The number of rotatable bonds is 5. The number of nitrogens with two attached hydrogens (primary N) is 3. The predicted molar refractivity (Wildman–Crippen MR) is 153 cm³/mol. The first-order chi connectivity index (χ1) is 18.7. The number of likely N-dealkylation sites (N-methyl/N-ethyl adjacent to an activating group) is 1. The van der Waals surface area contributed by atoms with Crippen LogP contribution in [0.3, 0.4) is 0 Å². The normalized spacial score (nSPS) is 27.5. The van der Waals surface area contributed by atoms with Crippen molar-refractivity contribution in [2.75, 3.05) is 25.9 Å². The molecule has 3 aliphatic rings. The molecule has 0 spiro atoms. The molecule has 8 nitrogen and oxygen atoms in total. The van der Waals surface area contributed by atoms with Crippen LogP contribution in [0.4, 0.5) is 5.69 Å². The van der Waals surface area contributed by atoms with Gasteiger partial charge in [0, 0.05) is 35.6 Å². The predicted octanol–water partition coefficient (Wildman–Crippen LogP) is 2.86. The second-order valence-electron chi connectivity index (χ2n) is 10.7. The van der Waals surface area contributed by atoms with Gasteiger partial charge in [-0.25, -0.2) is 0 Å². The molecule has 3 aromatic rings. The maximum Gasteiger partial charge on any atom is 0.236 e. The summed E-state index contributed by atoms with van der Waals surface area (Å²) < 4.78 is 6.00. The fourth-order valence-electron chi connectivity index (χ4n) is 6.33. The van der Waals surface area contributed by atoms with Crippen LogP contribution in [0.25, 0.3) is 0 Å². The number of carbonyl (C=O) groups is 2. The molecule has 5 atom stereocenters. The monoisotopic (exact) mass is 543 g/mol. The Balaban J connectivity index is 1.40. The minimum absolute atomic E-state index is 0.00401. The summed E-state index contributed by atoms with van der Waals surface area (Å²) in [4.78, 5) is 30.6. The zero-order valence-electron chi connectivity index (χ0n) is 22.0. The van der Waals surface area contributed by atoms with Gasteiger partial charge in [-0.05, 0) is 73.0 Å². The van der Waals surface area contributed by atoms with Crippen LogP contribution in [0.5, 0.6) is 11.5 Å². The van der Waals surface area contributed by atoms with Crippen molar-refractivity contribution in [3.63, 3.8) is 0 Å². The molecule has 6 rings (SSSR count). The number of likely N-dealkylation sites (tertiary alicyclic amines) is 1. The molecule has 9 heteroatoms. The van der Waals surface area contributed by atoms with Crippen LogP contribution in [0.1, 0.15) is 34.6 Å². The number of para-hydroxylation sites is 1. The van der Waals surface area contributed by atoms with Crippen LogP contribution in [-0.2, 0) is 15.1 Å². The topological polar surface area (TPSA) is 137 Å². The van der Waals surface area contributed by atoms with Gasteiger partial charge >= 0.3 is 0 Å². The van der Waals surface area contributed by atoms with Gasteiger partial charge in [-0.1, -0.05) is 30.3 Å². The average molecular weight is 544 g/mol. The number of ether oxygens (including phenoxy) is 1. The fraction of sp³-hybridized carbons (Fsp3) is 0.333. The van der Waals surface area contributed by atoms with Crippen molar-refractivity contribution in [3.05, 3.63) is 82.9 Å². The Morgan fingerprint density at radius 2 is 1.85 bits per heavy atom. The van der Waals surface area contributed by atoms with Crippen molar-refractivity contribution in [2.45, 2.75) is 47.0 Å². The van der Waals surface area contributed by atoms with Crippen molar-refractivity contribution in [3.8, 4) is 11.5 Å². The van der Waals surface area contributed by atoms with Crippen molar-refractivity contribution in [1.29, 1.82) is 0 Å². The van der Waals surface area contributed by atoms with Crippen molar-refractivity contribution < 1.29 is 14.3 Å². The molecule has 202 valence electrons. The number of carbonyl (C=O) groups excluding carboxylic acids is 2. The molecular formula is C30H33N5O3S. The van der Waals surface area contributed by atoms with E-state index in [9.17, 15) is 9.59 Å². The first-order valence-electron chi connectivity index (χ1n) is 13.2. The SMILES string of the molecule is CNC1CCN(C(=O)C2Sc3c(N)ccc4c3C2C(N)C(=O)C4(N)c2ccc(Oc3ccccc3)cc2C)C1. The molecule has 2 aliphatic heterocycles. The van der Waals surface area contributed by atoms with E-state index in [1.165, 1.54) is 11.8 Å². The number of thioether (sulfide) groups is 1. The van der Waals surface area contributed by atoms with E-state index in [1.54, 1.807) is 6.07 Å². The Hall–Kier alpha value is -3.37. The van der Waals surface area contributed by atoms with Crippen LogP contribution in [0, 0.1) is 6.92 Å². The molecule has 1 aliphatic carbocycles. The average Bonchev–Trinajstić information content (AvgIpc) is 3.58. The van der Waals surface area contributed by atoms with Crippen molar-refractivity contribution >= 4 is 29.1 Å². The van der Waals surface area contributed by atoms with Crippen LogP contribution in [-0.4, -0.2) is 54.1 Å². The standard InChI is InChI=1S/C30H33N5O3S/c1-16-14-19(38-18-6-4-3-5-7-18)8-9-20(16)30(33)21-10-11-22(31)26-23(21)24(25(32)28(30)36)27(39-26)29(37)35-13-12-17(15-35)34-2/h3-11,14,17,24-25,27,34H,12-13,15,31-33H2,1-2H3. The van der Waals surface area contributed by atoms with Gasteiger partial charge in [-0.15, -0.1) is 11.8 Å². The Bertz CT molecular complexity index is 1460. The molecule has 1 saturated heterocycles. The van der Waals surface area contributed by atoms with Gasteiger partial charge in [0.2, 0.25) is 5.91 Å². The summed E-state index contributed by atoms with van der Waals surface area (Å²) in [6.07, 6.45) is 0.894. The minimum atomic E-state index is -1.48. The number of Topliss-reactive ketones (excluding diaryl/α,β-unsaturated/α-hetero) is 1. The second-order valence-corrected chi connectivity index (χ2v) is 11.8. The molecule has 0 aromatic heterocycles. The molecule has 1 fully saturated rings. The maximum absolute atomic E-state index is 14.1. The van der Waals surface area contributed by atoms with Crippen LogP contribution in [0.15, 0.2) is 65.6 Å². The third kappa shape index (κ3) is 4.03. The van der Waals surface area contributed by atoms with Crippen LogP contribution >= 0.6 is 11.8 Å². The lowest BCUT2D eigenvalue weighted by atomic mass is 9.64. The smallest absolute Gasteiger partial charge is 0.236 e. The number of hydrogen-bond donors (Lipinski definition) is 4. The highest BCUT2D eigenvalue weighted by atomic mass is 32.2. The highest BCUT2D eigenvalue weighted by Gasteiger charge is 2.57.